The van der Waals surface area contributed by atoms with Crippen LogP contribution in [0.3, 0.4) is 0 Å². The highest BCUT2D eigenvalue weighted by atomic mass is 16.7. The summed E-state index contributed by atoms with van der Waals surface area (Å²) in [6.07, 6.45) is 49.0. The molecule has 0 fully saturated rings. The van der Waals surface area contributed by atoms with Gasteiger partial charge in [0.15, 0.2) is 12.4 Å². The third-order valence-electron chi connectivity index (χ3n) is 11.1. The molecule has 2 atom stereocenters. The third-order valence-corrected chi connectivity index (χ3v) is 11.1. The number of quaternary nitrogens is 1. The lowest BCUT2D eigenvalue weighted by molar-refractivity contribution is -0.870. The molecule has 0 saturated heterocycles. The van der Waals surface area contributed by atoms with E-state index in [-0.39, 0.29) is 38.6 Å². The van der Waals surface area contributed by atoms with Crippen molar-refractivity contribution < 1.29 is 42.9 Å². The fourth-order valence-electron chi connectivity index (χ4n) is 7.08. The van der Waals surface area contributed by atoms with Crippen LogP contribution in [0.5, 0.6) is 0 Å². The average Bonchev–Trinajstić information content (AvgIpc) is 3.23. The molecular weight excluding hydrogens is 779 g/mol. The van der Waals surface area contributed by atoms with Crippen molar-refractivity contribution in [2.45, 2.75) is 238 Å². The molecule has 0 rings (SSSR count). The van der Waals surface area contributed by atoms with E-state index in [1.807, 2.05) is 21.1 Å². The highest BCUT2D eigenvalue weighted by Gasteiger charge is 2.22. The summed E-state index contributed by atoms with van der Waals surface area (Å²) in [6.45, 7) is 4.70. The van der Waals surface area contributed by atoms with Crippen molar-refractivity contribution in [1.82, 2.24) is 0 Å². The van der Waals surface area contributed by atoms with E-state index in [0.29, 0.717) is 17.4 Å². The highest BCUT2D eigenvalue weighted by molar-refractivity contribution is 5.70. The lowest BCUT2D eigenvalue weighted by atomic mass is 10.0. The van der Waals surface area contributed by atoms with Crippen LogP contribution in [0.1, 0.15) is 226 Å². The Balaban J connectivity index is 4.28. The van der Waals surface area contributed by atoms with Crippen LogP contribution in [0.25, 0.3) is 0 Å². The first-order valence-corrected chi connectivity index (χ1v) is 25.6. The van der Waals surface area contributed by atoms with Gasteiger partial charge in [-0.2, -0.15) is 0 Å². The number of esters is 2. The summed E-state index contributed by atoms with van der Waals surface area (Å²) < 4.78 is 22.6. The molecule has 2 unspecified atom stereocenters. The Hall–Kier alpha value is -2.49. The van der Waals surface area contributed by atoms with Crippen LogP contribution in [0.2, 0.25) is 0 Å². The van der Waals surface area contributed by atoms with Gasteiger partial charge in [0, 0.05) is 12.8 Å². The van der Waals surface area contributed by atoms with Crippen LogP contribution in [0.4, 0.5) is 0 Å². The average molecular weight is 876 g/mol. The summed E-state index contributed by atoms with van der Waals surface area (Å²) in [5.41, 5.74) is 0. The van der Waals surface area contributed by atoms with Crippen molar-refractivity contribution in [3.8, 4) is 0 Å². The van der Waals surface area contributed by atoms with E-state index in [1.54, 1.807) is 0 Å². The SMILES string of the molecule is CCCC/C=C\C/C=C\CCCCCCCC(=O)OC(COC(=O)CCCCCCCCCCCCC/C=C\CCCCCCCCCC)COC(OCC[N+](C)(C)C)C(=O)[O-]. The molecule has 0 spiro atoms. The smallest absolute Gasteiger partial charge is 0.306 e. The Morgan fingerprint density at radius 2 is 0.887 bits per heavy atom. The Bertz CT molecular complexity index is 1110. The second-order valence-electron chi connectivity index (χ2n) is 18.5. The highest BCUT2D eigenvalue weighted by Crippen LogP contribution is 2.15. The van der Waals surface area contributed by atoms with E-state index in [0.717, 1.165) is 64.2 Å². The molecule has 362 valence electrons. The number of hydrogen-bond acceptors (Lipinski definition) is 8. The van der Waals surface area contributed by atoms with Crippen LogP contribution in [-0.2, 0) is 33.3 Å². The monoisotopic (exact) mass is 876 g/mol. The van der Waals surface area contributed by atoms with Gasteiger partial charge in [-0.05, 0) is 64.2 Å². The van der Waals surface area contributed by atoms with Gasteiger partial charge in [-0.25, -0.2) is 0 Å². The minimum atomic E-state index is -1.62. The van der Waals surface area contributed by atoms with Gasteiger partial charge in [0.05, 0.1) is 40.3 Å². The standard InChI is InChI=1S/C53H97NO8/c1-6-8-10-12-14-16-18-20-22-23-24-25-26-27-28-29-30-32-33-35-37-39-41-43-50(55)60-47-49(48-61-53(52(57)58)59-46-45-54(3,4)5)62-51(56)44-42-40-38-36-34-31-21-19-17-15-13-11-9-7-2/h13,15,19,21,23-24,49,53H,6-12,14,16-18,20,22,25-48H2,1-5H3/b15-13-,21-19-,24-23-. The summed E-state index contributed by atoms with van der Waals surface area (Å²) in [4.78, 5) is 37.1. The van der Waals surface area contributed by atoms with Gasteiger partial charge in [-0.3, -0.25) is 9.59 Å². The summed E-state index contributed by atoms with van der Waals surface area (Å²) in [5, 5.41) is 11.7. The quantitative estimate of drug-likeness (QED) is 0.0195. The molecule has 0 aliphatic carbocycles. The maximum Gasteiger partial charge on any atom is 0.306 e. The Kier molecular flexibility index (Phi) is 43.3. The molecule has 0 saturated carbocycles. The normalized spacial score (nSPS) is 13.1. The number of carboxylic acid groups (broad SMARTS) is 1. The largest absolute Gasteiger partial charge is 0.545 e. The van der Waals surface area contributed by atoms with Crippen LogP contribution < -0.4 is 5.11 Å². The first kappa shape index (κ1) is 59.5. The van der Waals surface area contributed by atoms with Gasteiger partial charge < -0.3 is 33.3 Å². The second kappa shape index (κ2) is 45.1. The molecule has 0 aromatic rings. The van der Waals surface area contributed by atoms with E-state index in [2.05, 4.69) is 50.3 Å². The number of nitrogens with zero attached hydrogens (tertiary/aromatic N) is 1. The predicted molar refractivity (Wildman–Crippen MR) is 256 cm³/mol. The number of likely N-dealkylation sites (N-methyl/N-ethyl adjacent to an activating group) is 1. The molecule has 62 heavy (non-hydrogen) atoms. The van der Waals surface area contributed by atoms with Crippen molar-refractivity contribution in [3.05, 3.63) is 36.5 Å². The topological polar surface area (TPSA) is 111 Å². The number of carboxylic acids is 1. The Labute approximate surface area is 381 Å². The molecule has 0 aromatic heterocycles. The van der Waals surface area contributed by atoms with E-state index >= 15 is 0 Å². The van der Waals surface area contributed by atoms with Gasteiger partial charge >= 0.3 is 11.9 Å². The number of aliphatic carboxylic acids is 1. The summed E-state index contributed by atoms with van der Waals surface area (Å²) >= 11 is 0. The van der Waals surface area contributed by atoms with Crippen molar-refractivity contribution in [2.24, 2.45) is 0 Å². The zero-order valence-electron chi connectivity index (χ0n) is 41.0. The molecule has 0 amide bonds. The number of rotatable bonds is 47. The molecule has 9 heteroatoms. The van der Waals surface area contributed by atoms with Crippen LogP contribution in [0, 0.1) is 0 Å². The van der Waals surface area contributed by atoms with Crippen molar-refractivity contribution in [2.75, 3.05) is 47.5 Å². The maximum atomic E-state index is 12.8. The lowest BCUT2D eigenvalue weighted by Crippen LogP contribution is -2.44. The maximum absolute atomic E-state index is 12.8. The predicted octanol–water partition coefficient (Wildman–Crippen LogP) is 12.8. The summed E-state index contributed by atoms with van der Waals surface area (Å²) in [7, 11) is 5.91. The van der Waals surface area contributed by atoms with Crippen molar-refractivity contribution >= 4 is 17.9 Å². The fourth-order valence-corrected chi connectivity index (χ4v) is 7.08. The van der Waals surface area contributed by atoms with Crippen LogP contribution >= 0.6 is 0 Å². The van der Waals surface area contributed by atoms with Crippen molar-refractivity contribution in [3.63, 3.8) is 0 Å². The molecule has 0 aliphatic rings. The lowest BCUT2D eigenvalue weighted by Gasteiger charge is -2.26. The first-order chi connectivity index (χ1) is 30.1. The van der Waals surface area contributed by atoms with Gasteiger partial charge in [0.25, 0.3) is 0 Å². The van der Waals surface area contributed by atoms with Crippen LogP contribution in [0.15, 0.2) is 36.5 Å². The molecule has 0 N–H and O–H groups in total. The molecule has 9 nitrogen and oxygen atoms in total. The fraction of sp³-hybridized carbons (Fsp3) is 0.830. The number of hydrogen-bond donors (Lipinski definition) is 0. The van der Waals surface area contributed by atoms with E-state index in [1.165, 1.54) is 128 Å². The minimum absolute atomic E-state index is 0.145. The first-order valence-electron chi connectivity index (χ1n) is 25.6. The Morgan fingerprint density at radius 3 is 1.34 bits per heavy atom. The van der Waals surface area contributed by atoms with E-state index in [4.69, 9.17) is 18.9 Å². The number of ether oxygens (including phenoxy) is 4. The van der Waals surface area contributed by atoms with Gasteiger partial charge in [0.1, 0.15) is 13.2 Å². The number of allylic oxidation sites excluding steroid dienone is 6. The van der Waals surface area contributed by atoms with Gasteiger partial charge in [-0.15, -0.1) is 0 Å². The van der Waals surface area contributed by atoms with Crippen LogP contribution in [-0.4, -0.2) is 82.3 Å². The van der Waals surface area contributed by atoms with E-state index < -0.39 is 24.3 Å². The third kappa shape index (κ3) is 45.5. The molecule has 0 bridgehead atoms. The zero-order valence-corrected chi connectivity index (χ0v) is 41.0. The van der Waals surface area contributed by atoms with E-state index in [9.17, 15) is 19.5 Å². The Morgan fingerprint density at radius 1 is 0.484 bits per heavy atom. The molecular formula is C53H97NO8. The molecule has 0 aromatic carbocycles. The molecule has 0 aliphatic heterocycles. The molecule has 0 radical (unpaired) electrons. The number of carbonyl (C=O) groups excluding carboxylic acids is 3. The summed E-state index contributed by atoms with van der Waals surface area (Å²) in [5.74, 6) is -2.30. The minimum Gasteiger partial charge on any atom is -0.545 e. The zero-order chi connectivity index (χ0) is 45.6. The second-order valence-corrected chi connectivity index (χ2v) is 18.5. The van der Waals surface area contributed by atoms with Gasteiger partial charge in [0.2, 0.25) is 0 Å². The number of unbranched alkanes of at least 4 members (excludes halogenated alkanes) is 26. The van der Waals surface area contributed by atoms with Crippen molar-refractivity contribution in [1.29, 1.82) is 0 Å². The summed E-state index contributed by atoms with van der Waals surface area (Å²) in [6, 6.07) is 0. The van der Waals surface area contributed by atoms with Gasteiger partial charge in [-0.1, -0.05) is 185 Å². The number of carbonyl (C=O) groups is 3. The molecule has 0 heterocycles.